The smallest absolute Gasteiger partial charge is 0.261 e. The third kappa shape index (κ3) is 8.38. The predicted octanol–water partition coefficient (Wildman–Crippen LogP) is 5.25. The van der Waals surface area contributed by atoms with Crippen molar-refractivity contribution in [2.45, 2.75) is 52.6 Å². The number of methoxy groups -OCH3 is 1. The van der Waals surface area contributed by atoms with Gasteiger partial charge >= 0.3 is 0 Å². The molecule has 3 aromatic carbocycles. The maximum atomic E-state index is 13.7. The van der Waals surface area contributed by atoms with Gasteiger partial charge in [-0.15, -0.1) is 0 Å². The van der Waals surface area contributed by atoms with Gasteiger partial charge in [0, 0.05) is 19.5 Å². The Bertz CT molecular complexity index is 1160. The van der Waals surface area contributed by atoms with Crippen molar-refractivity contribution in [1.82, 2.24) is 10.2 Å². The summed E-state index contributed by atoms with van der Waals surface area (Å²) in [5.74, 6) is 0.903. The van der Waals surface area contributed by atoms with Crippen molar-refractivity contribution >= 4 is 11.8 Å². The molecule has 0 aliphatic rings. The van der Waals surface area contributed by atoms with E-state index in [9.17, 15) is 9.59 Å². The van der Waals surface area contributed by atoms with Crippen molar-refractivity contribution in [3.05, 3.63) is 95.1 Å². The minimum atomic E-state index is -0.693. The van der Waals surface area contributed by atoms with Crippen molar-refractivity contribution in [2.24, 2.45) is 0 Å². The summed E-state index contributed by atoms with van der Waals surface area (Å²) in [6, 6.07) is 22.4. The molecule has 6 heteroatoms. The summed E-state index contributed by atoms with van der Waals surface area (Å²) in [5.41, 5.74) is 4.11. The maximum Gasteiger partial charge on any atom is 0.261 e. The van der Waals surface area contributed by atoms with Crippen LogP contribution in [0.4, 0.5) is 0 Å². The Hall–Kier alpha value is -3.80. The van der Waals surface area contributed by atoms with Gasteiger partial charge < -0.3 is 19.7 Å². The molecule has 196 valence electrons. The largest absolute Gasteiger partial charge is 0.497 e. The summed E-state index contributed by atoms with van der Waals surface area (Å²) in [6.07, 6.45) is 2.25. The summed E-state index contributed by atoms with van der Waals surface area (Å²) in [6.45, 7) is 6.78. The third-order valence-electron chi connectivity index (χ3n) is 6.43. The van der Waals surface area contributed by atoms with Gasteiger partial charge in [0.2, 0.25) is 5.91 Å². The number of amides is 2. The molecule has 0 saturated heterocycles. The first-order valence-corrected chi connectivity index (χ1v) is 12.8. The van der Waals surface area contributed by atoms with Gasteiger partial charge in [-0.25, -0.2) is 0 Å². The summed E-state index contributed by atoms with van der Waals surface area (Å²) in [5, 5.41) is 3.04. The van der Waals surface area contributed by atoms with Crippen LogP contribution in [0.25, 0.3) is 0 Å². The molecule has 0 saturated carbocycles. The molecule has 0 unspecified atom stereocenters. The molecule has 0 bridgehead atoms. The number of unbranched alkanes of at least 4 members (excludes halogenated alkanes) is 1. The van der Waals surface area contributed by atoms with Crippen molar-refractivity contribution in [3.63, 3.8) is 0 Å². The quantitative estimate of drug-likeness (QED) is 0.324. The molecule has 0 spiro atoms. The Morgan fingerprint density at radius 3 is 2.35 bits per heavy atom. The Kier molecular flexibility index (Phi) is 10.6. The first-order chi connectivity index (χ1) is 17.9. The molecule has 2 amide bonds. The van der Waals surface area contributed by atoms with Crippen LogP contribution in [0.2, 0.25) is 0 Å². The fourth-order valence-corrected chi connectivity index (χ4v) is 4.06. The lowest BCUT2D eigenvalue weighted by Crippen LogP contribution is -2.51. The van der Waals surface area contributed by atoms with E-state index in [1.165, 1.54) is 0 Å². The predicted molar refractivity (Wildman–Crippen MR) is 147 cm³/mol. The number of hydrogen-bond donors (Lipinski definition) is 1. The van der Waals surface area contributed by atoms with Gasteiger partial charge in [-0.1, -0.05) is 61.9 Å². The van der Waals surface area contributed by atoms with Crippen molar-refractivity contribution in [3.8, 4) is 11.5 Å². The minimum Gasteiger partial charge on any atom is -0.497 e. The van der Waals surface area contributed by atoms with Crippen molar-refractivity contribution < 1.29 is 19.1 Å². The van der Waals surface area contributed by atoms with E-state index in [1.807, 2.05) is 86.6 Å². The fraction of sp³-hybridized carbons (Fsp3) is 0.355. The number of carbonyl (C=O) groups excluding carboxylic acids is 2. The standard InChI is InChI=1S/C31H38N2O4/c1-5-6-17-32-31(35)29(20-25-11-8-7-9-12-25)33(21-26-13-10-14-27(19-26)36-4)30(34)22-37-28-16-15-23(2)24(3)18-28/h7-16,18-19,29H,5-6,17,20-22H2,1-4H3,(H,32,35)/t29-/m0/s1. The lowest BCUT2D eigenvalue weighted by atomic mass is 10.0. The van der Waals surface area contributed by atoms with Crippen LogP contribution in [0.15, 0.2) is 72.8 Å². The monoisotopic (exact) mass is 502 g/mol. The number of ether oxygens (including phenoxy) is 2. The highest BCUT2D eigenvalue weighted by Gasteiger charge is 2.30. The van der Waals surface area contributed by atoms with Crippen LogP contribution >= 0.6 is 0 Å². The zero-order valence-electron chi connectivity index (χ0n) is 22.3. The topological polar surface area (TPSA) is 67.9 Å². The first kappa shape index (κ1) is 27.8. The number of rotatable bonds is 13. The van der Waals surface area contributed by atoms with Gasteiger partial charge in [-0.3, -0.25) is 9.59 Å². The molecule has 0 radical (unpaired) electrons. The molecule has 3 aromatic rings. The zero-order chi connectivity index (χ0) is 26.6. The molecule has 0 aromatic heterocycles. The molecule has 0 aliphatic heterocycles. The number of benzene rings is 3. The number of aryl methyl sites for hydroxylation is 2. The van der Waals surface area contributed by atoms with E-state index in [0.717, 1.165) is 35.1 Å². The summed E-state index contributed by atoms with van der Waals surface area (Å²) in [7, 11) is 1.61. The second-order valence-corrected chi connectivity index (χ2v) is 9.26. The van der Waals surface area contributed by atoms with Crippen LogP contribution in [-0.2, 0) is 22.6 Å². The molecule has 3 rings (SSSR count). The number of carbonyl (C=O) groups is 2. The average molecular weight is 503 g/mol. The van der Waals surface area contributed by atoms with Crippen LogP contribution in [0.1, 0.15) is 42.0 Å². The van der Waals surface area contributed by atoms with Crippen LogP contribution in [0, 0.1) is 13.8 Å². The molecule has 1 N–H and O–H groups in total. The van der Waals surface area contributed by atoms with E-state index in [4.69, 9.17) is 9.47 Å². The van der Waals surface area contributed by atoms with Crippen molar-refractivity contribution in [2.75, 3.05) is 20.3 Å². The Balaban J connectivity index is 1.90. The molecule has 1 atom stereocenters. The zero-order valence-corrected chi connectivity index (χ0v) is 22.3. The van der Waals surface area contributed by atoms with Crippen LogP contribution < -0.4 is 14.8 Å². The molecule has 0 fully saturated rings. The van der Waals surface area contributed by atoms with Gasteiger partial charge in [0.25, 0.3) is 5.91 Å². The molecule has 0 heterocycles. The second kappa shape index (κ2) is 14.1. The van der Waals surface area contributed by atoms with E-state index in [2.05, 4.69) is 12.2 Å². The van der Waals surface area contributed by atoms with E-state index in [-0.39, 0.29) is 25.0 Å². The van der Waals surface area contributed by atoms with Crippen LogP contribution in [0.3, 0.4) is 0 Å². The highest BCUT2D eigenvalue weighted by molar-refractivity contribution is 5.88. The van der Waals surface area contributed by atoms with E-state index in [0.29, 0.717) is 24.5 Å². The first-order valence-electron chi connectivity index (χ1n) is 12.8. The lowest BCUT2D eigenvalue weighted by Gasteiger charge is -2.31. The van der Waals surface area contributed by atoms with Crippen molar-refractivity contribution in [1.29, 1.82) is 0 Å². The maximum absolute atomic E-state index is 13.7. The molecular weight excluding hydrogens is 464 g/mol. The highest BCUT2D eigenvalue weighted by Crippen LogP contribution is 2.20. The third-order valence-corrected chi connectivity index (χ3v) is 6.43. The van der Waals surface area contributed by atoms with Gasteiger partial charge in [0.15, 0.2) is 6.61 Å². The lowest BCUT2D eigenvalue weighted by molar-refractivity contribution is -0.142. The Labute approximate surface area is 220 Å². The molecule has 6 nitrogen and oxygen atoms in total. The van der Waals surface area contributed by atoms with Gasteiger partial charge in [-0.05, 0) is 66.8 Å². The SMILES string of the molecule is CCCCNC(=O)[C@H](Cc1ccccc1)N(Cc1cccc(OC)c1)C(=O)COc1ccc(C)c(C)c1. The number of hydrogen-bond acceptors (Lipinski definition) is 4. The molecular formula is C31H38N2O4. The number of nitrogens with zero attached hydrogens (tertiary/aromatic N) is 1. The van der Waals surface area contributed by atoms with Gasteiger partial charge in [0.1, 0.15) is 17.5 Å². The summed E-state index contributed by atoms with van der Waals surface area (Å²) < 4.78 is 11.3. The van der Waals surface area contributed by atoms with E-state index >= 15 is 0 Å². The van der Waals surface area contributed by atoms with E-state index < -0.39 is 6.04 Å². The van der Waals surface area contributed by atoms with Crippen LogP contribution in [-0.4, -0.2) is 43.0 Å². The Morgan fingerprint density at radius 1 is 0.892 bits per heavy atom. The normalized spacial score (nSPS) is 11.5. The number of nitrogens with one attached hydrogen (secondary N) is 1. The average Bonchev–Trinajstić information content (AvgIpc) is 2.92. The van der Waals surface area contributed by atoms with Crippen LogP contribution in [0.5, 0.6) is 11.5 Å². The fourth-order valence-electron chi connectivity index (χ4n) is 4.06. The molecule has 0 aliphatic carbocycles. The van der Waals surface area contributed by atoms with Gasteiger partial charge in [-0.2, -0.15) is 0 Å². The molecule has 37 heavy (non-hydrogen) atoms. The Morgan fingerprint density at radius 2 is 1.65 bits per heavy atom. The summed E-state index contributed by atoms with van der Waals surface area (Å²) >= 11 is 0. The highest BCUT2D eigenvalue weighted by atomic mass is 16.5. The summed E-state index contributed by atoms with van der Waals surface area (Å²) in [4.78, 5) is 28.8. The second-order valence-electron chi connectivity index (χ2n) is 9.26. The van der Waals surface area contributed by atoms with Gasteiger partial charge in [0.05, 0.1) is 7.11 Å². The van der Waals surface area contributed by atoms with E-state index in [1.54, 1.807) is 12.0 Å². The minimum absolute atomic E-state index is 0.167.